The second kappa shape index (κ2) is 5.19. The fourth-order valence-electron chi connectivity index (χ4n) is 0.739. The molecule has 1 aromatic heterocycles. The van der Waals surface area contributed by atoms with Gasteiger partial charge >= 0.3 is 0 Å². The highest BCUT2D eigenvalue weighted by Crippen LogP contribution is 2.13. The van der Waals surface area contributed by atoms with Crippen LogP contribution in [-0.2, 0) is 0 Å². The van der Waals surface area contributed by atoms with E-state index in [0.29, 0.717) is 6.61 Å². The number of rotatable bonds is 4. The summed E-state index contributed by atoms with van der Waals surface area (Å²) < 4.78 is 6.16. The molecule has 0 bridgehead atoms. The van der Waals surface area contributed by atoms with E-state index in [1.54, 1.807) is 6.20 Å². The largest absolute Gasteiger partial charge is 0.492 e. The quantitative estimate of drug-likeness (QED) is 0.824. The van der Waals surface area contributed by atoms with E-state index in [2.05, 4.69) is 20.9 Å². The summed E-state index contributed by atoms with van der Waals surface area (Å²) in [5, 5.41) is 8.75. The maximum Gasteiger partial charge on any atom is 0.137 e. The highest BCUT2D eigenvalue weighted by atomic mass is 79.9. The molecule has 1 heterocycles. The van der Waals surface area contributed by atoms with Gasteiger partial charge in [0.1, 0.15) is 10.4 Å². The van der Waals surface area contributed by atoms with Gasteiger partial charge in [0, 0.05) is 12.5 Å². The normalized spacial score (nSPS) is 12.5. The van der Waals surface area contributed by atoms with Gasteiger partial charge in [-0.05, 0) is 28.1 Å². The number of aromatic nitrogens is 1. The van der Waals surface area contributed by atoms with Crippen molar-refractivity contribution in [1.82, 2.24) is 4.98 Å². The van der Waals surface area contributed by atoms with E-state index in [-0.39, 0.29) is 12.5 Å². The van der Waals surface area contributed by atoms with Crippen LogP contribution in [0.15, 0.2) is 22.9 Å². The predicted octanol–water partition coefficient (Wildman–Crippen LogP) is 1.85. The lowest BCUT2D eigenvalue weighted by Crippen LogP contribution is -2.12. The topological polar surface area (TPSA) is 42.4 Å². The monoisotopic (exact) mass is 245 g/mol. The molecule has 0 saturated carbocycles. The Morgan fingerprint density at radius 3 is 2.92 bits per heavy atom. The summed E-state index contributed by atoms with van der Waals surface area (Å²) in [6.45, 7) is 2.58. The van der Waals surface area contributed by atoms with Crippen LogP contribution in [0, 0.1) is 5.92 Å². The summed E-state index contributed by atoms with van der Waals surface area (Å²) >= 11 is 3.23. The summed E-state index contributed by atoms with van der Waals surface area (Å²) in [6, 6.07) is 3.65. The number of aliphatic hydroxyl groups excluding tert-OH is 1. The lowest BCUT2D eigenvalue weighted by Gasteiger charge is -2.09. The molecule has 0 aromatic carbocycles. The molecule has 72 valence electrons. The molecule has 4 heteroatoms. The van der Waals surface area contributed by atoms with Crippen LogP contribution in [0.3, 0.4) is 0 Å². The molecule has 0 amide bonds. The number of halogens is 1. The van der Waals surface area contributed by atoms with E-state index in [9.17, 15) is 0 Å². The van der Waals surface area contributed by atoms with Gasteiger partial charge in [-0.25, -0.2) is 4.98 Å². The van der Waals surface area contributed by atoms with Crippen molar-refractivity contribution in [2.45, 2.75) is 6.92 Å². The van der Waals surface area contributed by atoms with Gasteiger partial charge in [-0.15, -0.1) is 0 Å². The molecule has 0 aliphatic rings. The number of ether oxygens (including phenoxy) is 1. The van der Waals surface area contributed by atoms with Crippen molar-refractivity contribution < 1.29 is 9.84 Å². The molecule has 0 spiro atoms. The second-order valence-electron chi connectivity index (χ2n) is 2.92. The zero-order chi connectivity index (χ0) is 9.68. The fraction of sp³-hybridized carbons (Fsp3) is 0.444. The Kier molecular flexibility index (Phi) is 4.18. The molecule has 3 nitrogen and oxygen atoms in total. The molecule has 1 aromatic rings. The highest BCUT2D eigenvalue weighted by molar-refractivity contribution is 9.10. The average molecular weight is 246 g/mol. The zero-order valence-corrected chi connectivity index (χ0v) is 8.99. The molecule has 1 atom stereocenters. The van der Waals surface area contributed by atoms with E-state index in [4.69, 9.17) is 9.84 Å². The van der Waals surface area contributed by atoms with Crippen molar-refractivity contribution in [1.29, 1.82) is 0 Å². The van der Waals surface area contributed by atoms with Gasteiger partial charge in [0.25, 0.3) is 0 Å². The summed E-state index contributed by atoms with van der Waals surface area (Å²) in [5.41, 5.74) is 0. The van der Waals surface area contributed by atoms with E-state index >= 15 is 0 Å². The third-order valence-corrected chi connectivity index (χ3v) is 2.02. The van der Waals surface area contributed by atoms with E-state index in [0.717, 1.165) is 10.4 Å². The van der Waals surface area contributed by atoms with Gasteiger partial charge in [-0.3, -0.25) is 0 Å². The average Bonchev–Trinajstić information content (AvgIpc) is 2.16. The Morgan fingerprint density at radius 2 is 2.38 bits per heavy atom. The standard InChI is InChI=1S/C9H12BrNO2/c1-7(5-12)6-13-8-2-3-9(10)11-4-8/h2-4,7,12H,5-6H2,1H3. The molecular weight excluding hydrogens is 234 g/mol. The summed E-state index contributed by atoms with van der Waals surface area (Å²) in [6.07, 6.45) is 1.65. The third kappa shape index (κ3) is 3.74. The lowest BCUT2D eigenvalue weighted by molar-refractivity contribution is 0.174. The number of hydrogen-bond donors (Lipinski definition) is 1. The number of aliphatic hydroxyl groups is 1. The maximum atomic E-state index is 8.75. The molecule has 0 aliphatic heterocycles. The van der Waals surface area contributed by atoms with Crippen molar-refractivity contribution in [2.24, 2.45) is 5.92 Å². The van der Waals surface area contributed by atoms with E-state index in [1.807, 2.05) is 19.1 Å². The minimum atomic E-state index is 0.143. The van der Waals surface area contributed by atoms with Gasteiger partial charge in [-0.2, -0.15) is 0 Å². The first-order valence-corrected chi connectivity index (χ1v) is 4.87. The molecular formula is C9H12BrNO2. The van der Waals surface area contributed by atoms with Gasteiger partial charge in [0.2, 0.25) is 0 Å². The first kappa shape index (κ1) is 10.5. The van der Waals surface area contributed by atoms with Crippen LogP contribution in [0.5, 0.6) is 5.75 Å². The fourth-order valence-corrected chi connectivity index (χ4v) is 0.973. The Hall–Kier alpha value is -0.610. The van der Waals surface area contributed by atoms with Crippen LogP contribution >= 0.6 is 15.9 Å². The first-order chi connectivity index (χ1) is 6.22. The molecule has 0 radical (unpaired) electrons. The Labute approximate surface area is 85.9 Å². The Bertz CT molecular complexity index is 250. The van der Waals surface area contributed by atoms with Gasteiger partial charge in [0.05, 0.1) is 12.8 Å². The van der Waals surface area contributed by atoms with E-state index < -0.39 is 0 Å². The second-order valence-corrected chi connectivity index (χ2v) is 3.73. The highest BCUT2D eigenvalue weighted by Gasteiger charge is 2.00. The molecule has 0 saturated heterocycles. The molecule has 13 heavy (non-hydrogen) atoms. The Morgan fingerprint density at radius 1 is 1.62 bits per heavy atom. The molecule has 1 rings (SSSR count). The first-order valence-electron chi connectivity index (χ1n) is 4.07. The SMILES string of the molecule is CC(CO)COc1ccc(Br)nc1. The van der Waals surface area contributed by atoms with Crippen molar-refractivity contribution in [3.63, 3.8) is 0 Å². The number of hydrogen-bond acceptors (Lipinski definition) is 3. The molecule has 0 aliphatic carbocycles. The molecule has 0 fully saturated rings. The van der Waals surface area contributed by atoms with Crippen molar-refractivity contribution in [2.75, 3.05) is 13.2 Å². The Balaban J connectivity index is 2.41. The predicted molar refractivity (Wildman–Crippen MR) is 53.7 cm³/mol. The van der Waals surface area contributed by atoms with Crippen LogP contribution in [0.1, 0.15) is 6.92 Å². The lowest BCUT2D eigenvalue weighted by atomic mass is 10.2. The summed E-state index contributed by atoms with van der Waals surface area (Å²) in [7, 11) is 0. The van der Waals surface area contributed by atoms with Crippen molar-refractivity contribution >= 4 is 15.9 Å². The zero-order valence-electron chi connectivity index (χ0n) is 7.40. The van der Waals surface area contributed by atoms with Crippen LogP contribution in [0.2, 0.25) is 0 Å². The van der Waals surface area contributed by atoms with Crippen LogP contribution in [0.4, 0.5) is 0 Å². The van der Waals surface area contributed by atoms with Crippen LogP contribution in [0.25, 0.3) is 0 Å². The third-order valence-electron chi connectivity index (χ3n) is 1.55. The van der Waals surface area contributed by atoms with Gasteiger partial charge < -0.3 is 9.84 Å². The summed E-state index contributed by atoms with van der Waals surface area (Å²) in [4.78, 5) is 4.01. The number of pyridine rings is 1. The smallest absolute Gasteiger partial charge is 0.137 e. The minimum absolute atomic E-state index is 0.143. The van der Waals surface area contributed by atoms with Crippen LogP contribution in [-0.4, -0.2) is 23.3 Å². The van der Waals surface area contributed by atoms with Gasteiger partial charge in [0.15, 0.2) is 0 Å². The number of nitrogens with zero attached hydrogens (tertiary/aromatic N) is 1. The van der Waals surface area contributed by atoms with Crippen molar-refractivity contribution in [3.8, 4) is 5.75 Å². The van der Waals surface area contributed by atoms with Gasteiger partial charge in [-0.1, -0.05) is 6.92 Å². The molecule has 1 unspecified atom stereocenters. The molecule has 1 N–H and O–H groups in total. The maximum absolute atomic E-state index is 8.75. The minimum Gasteiger partial charge on any atom is -0.492 e. The van der Waals surface area contributed by atoms with E-state index in [1.165, 1.54) is 0 Å². The van der Waals surface area contributed by atoms with Crippen LogP contribution < -0.4 is 4.74 Å². The summed E-state index contributed by atoms with van der Waals surface area (Å²) in [5.74, 6) is 0.882. The van der Waals surface area contributed by atoms with Crippen molar-refractivity contribution in [3.05, 3.63) is 22.9 Å².